The summed E-state index contributed by atoms with van der Waals surface area (Å²) in [5, 5.41) is 127. The second-order valence-electron chi connectivity index (χ2n) is 15.3. The SMILES string of the molecule is COc1cc(O)c2c(=O)c(O[C@@H]3O[C@H](CO[C@@H]4O[C@H](C)[C@H](O)[C@@H](O)[C@@H]4O)[C@@H](O)[C@H](O)[C@H]3O[C@@H]3OC[C@@](O)(CO[C@@H]4OC[C@@](O)(CO)[C@@H]4O)[C@@H]3O)c(-c3ccc(O)cc3)oc2c1. The smallest absolute Gasteiger partial charge is 0.239 e. The first kappa shape index (κ1) is 45.2. The lowest BCUT2D eigenvalue weighted by Gasteiger charge is -2.44. The van der Waals surface area contributed by atoms with Crippen LogP contribution in [0.5, 0.6) is 23.0 Å². The molecule has 4 fully saturated rings. The largest absolute Gasteiger partial charge is 0.508 e. The van der Waals surface area contributed by atoms with Crippen molar-refractivity contribution in [1.82, 2.24) is 0 Å². The molecule has 0 spiro atoms. The second kappa shape index (κ2) is 17.7. The van der Waals surface area contributed by atoms with Gasteiger partial charge >= 0.3 is 0 Å². The Morgan fingerprint density at radius 3 is 2.11 bits per heavy atom. The maximum Gasteiger partial charge on any atom is 0.239 e. The summed E-state index contributed by atoms with van der Waals surface area (Å²) in [6.07, 6.45) is -24.2. The molecule has 12 N–H and O–H groups in total. The van der Waals surface area contributed by atoms with Gasteiger partial charge in [-0.2, -0.15) is 0 Å². The van der Waals surface area contributed by atoms with Crippen molar-refractivity contribution < 1.29 is 108 Å². The molecule has 4 aliphatic rings. The molecule has 61 heavy (non-hydrogen) atoms. The molecule has 0 aliphatic carbocycles. The van der Waals surface area contributed by atoms with E-state index >= 15 is 0 Å². The van der Waals surface area contributed by atoms with E-state index in [1.807, 2.05) is 0 Å². The number of hydrogen-bond donors (Lipinski definition) is 12. The van der Waals surface area contributed by atoms with Crippen LogP contribution in [0.2, 0.25) is 0 Å². The Morgan fingerprint density at radius 1 is 0.770 bits per heavy atom. The van der Waals surface area contributed by atoms with Crippen LogP contribution in [0.15, 0.2) is 45.6 Å². The quantitative estimate of drug-likeness (QED) is 0.0775. The Kier molecular flexibility index (Phi) is 13.1. The zero-order chi connectivity index (χ0) is 44.1. The van der Waals surface area contributed by atoms with Gasteiger partial charge in [-0.15, -0.1) is 0 Å². The molecular weight excluding hydrogens is 824 g/mol. The number of methoxy groups -OCH3 is 1. The minimum Gasteiger partial charge on any atom is -0.508 e. The maximum atomic E-state index is 14.3. The van der Waals surface area contributed by atoms with Crippen molar-refractivity contribution >= 4 is 11.0 Å². The van der Waals surface area contributed by atoms with E-state index in [4.69, 9.17) is 47.0 Å². The molecule has 4 saturated heterocycles. The summed E-state index contributed by atoms with van der Waals surface area (Å²) in [5.41, 5.74) is -5.35. The number of phenols is 2. The van der Waals surface area contributed by atoms with Crippen molar-refractivity contribution in [3.05, 3.63) is 46.6 Å². The number of phenolic OH excluding ortho intramolecular Hbond substituents is 2. The van der Waals surface area contributed by atoms with Crippen LogP contribution in [0.25, 0.3) is 22.3 Å². The van der Waals surface area contributed by atoms with E-state index in [0.29, 0.717) is 0 Å². The molecular formula is C38H48O23. The highest BCUT2D eigenvalue weighted by Crippen LogP contribution is 2.39. The van der Waals surface area contributed by atoms with Gasteiger partial charge in [0.2, 0.25) is 17.5 Å². The van der Waals surface area contributed by atoms with Crippen LogP contribution < -0.4 is 14.9 Å². The molecule has 0 radical (unpaired) electrons. The molecule has 0 amide bonds. The van der Waals surface area contributed by atoms with Gasteiger partial charge in [0.1, 0.15) is 88.3 Å². The maximum absolute atomic E-state index is 14.3. The molecule has 16 atom stereocenters. The predicted molar refractivity (Wildman–Crippen MR) is 197 cm³/mol. The van der Waals surface area contributed by atoms with Crippen LogP contribution in [-0.4, -0.2) is 199 Å². The van der Waals surface area contributed by atoms with Crippen molar-refractivity contribution in [1.29, 1.82) is 0 Å². The number of aromatic hydroxyl groups is 2. The Labute approximate surface area is 344 Å². The Hall–Kier alpha value is -3.83. The molecule has 4 aliphatic heterocycles. The third kappa shape index (κ3) is 8.63. The van der Waals surface area contributed by atoms with Gasteiger partial charge in [-0.05, 0) is 31.2 Å². The summed E-state index contributed by atoms with van der Waals surface area (Å²) in [6, 6.07) is 7.73. The van der Waals surface area contributed by atoms with Gasteiger partial charge in [0.15, 0.2) is 30.7 Å². The van der Waals surface area contributed by atoms with E-state index in [1.165, 1.54) is 44.4 Å². The third-order valence-corrected chi connectivity index (χ3v) is 11.1. The van der Waals surface area contributed by atoms with Crippen molar-refractivity contribution in [2.45, 2.75) is 104 Å². The zero-order valence-corrected chi connectivity index (χ0v) is 32.4. The summed E-state index contributed by atoms with van der Waals surface area (Å²) >= 11 is 0. The van der Waals surface area contributed by atoms with Crippen molar-refractivity contribution in [2.75, 3.05) is 40.1 Å². The average molecular weight is 873 g/mol. The molecule has 1 aromatic heterocycles. The van der Waals surface area contributed by atoms with E-state index in [1.54, 1.807) is 0 Å². The molecule has 0 bridgehead atoms. The Balaban J connectivity index is 1.20. The fourth-order valence-corrected chi connectivity index (χ4v) is 7.24. The number of benzene rings is 2. The lowest BCUT2D eigenvalue weighted by atomic mass is 9.97. The highest BCUT2D eigenvalue weighted by atomic mass is 16.8. The van der Waals surface area contributed by atoms with Crippen LogP contribution >= 0.6 is 0 Å². The number of fused-ring (bicyclic) bond motifs is 1. The monoisotopic (exact) mass is 872 g/mol. The van der Waals surface area contributed by atoms with Crippen LogP contribution in [0.1, 0.15) is 6.92 Å². The summed E-state index contributed by atoms with van der Waals surface area (Å²) in [5.74, 6) is -1.58. The van der Waals surface area contributed by atoms with E-state index in [-0.39, 0.29) is 28.4 Å². The molecule has 5 heterocycles. The summed E-state index contributed by atoms with van der Waals surface area (Å²) in [4.78, 5) is 14.3. The number of aliphatic hydroxyl groups is 10. The molecule has 0 saturated carbocycles. The topological polar surface area (TPSA) is 356 Å². The number of aliphatic hydroxyl groups excluding tert-OH is 8. The third-order valence-electron chi connectivity index (χ3n) is 11.1. The fraction of sp³-hybridized carbons (Fsp3) is 0.605. The molecule has 2 aromatic carbocycles. The second-order valence-corrected chi connectivity index (χ2v) is 15.3. The van der Waals surface area contributed by atoms with E-state index in [0.717, 1.165) is 6.07 Å². The first-order chi connectivity index (χ1) is 28.9. The van der Waals surface area contributed by atoms with Crippen molar-refractivity contribution in [2.24, 2.45) is 0 Å². The molecule has 23 nitrogen and oxygen atoms in total. The molecule has 7 rings (SSSR count). The lowest BCUT2D eigenvalue weighted by molar-refractivity contribution is -0.335. The van der Waals surface area contributed by atoms with Crippen LogP contribution in [-0.2, 0) is 33.2 Å². The predicted octanol–water partition coefficient (Wildman–Crippen LogP) is -4.16. The highest BCUT2D eigenvalue weighted by molar-refractivity contribution is 5.88. The standard InChI is InChI=1S/C38H48O23/c1-14-22(42)25(45)27(47)33(57-14)53-9-20-23(43)26(46)30(61-36-32(49)38(51,13-56-36)12-55-35-31(48)37(50,10-39)11-54-35)34(59-20)60-29-24(44)21-18(41)7-17(52-2)8-19(21)58-28(29)15-3-5-16(40)6-4-15/h3-8,14,20,22-23,25-27,30-36,39-43,45-51H,9-13H2,1-2H3/t14-,20-,22+,23-,25-,26+,27+,30-,31-,32-,33-,34+,35+,36+,37+,38+/m1/s1. The molecule has 3 aromatic rings. The lowest BCUT2D eigenvalue weighted by Crippen LogP contribution is -2.63. The van der Waals surface area contributed by atoms with Gasteiger partial charge in [0.05, 0.1) is 46.2 Å². The average Bonchev–Trinajstić information content (AvgIpc) is 3.69. The number of rotatable bonds is 13. The minimum absolute atomic E-state index is 0.116. The number of ether oxygens (including phenoxy) is 9. The normalized spacial score (nSPS) is 39.1. The summed E-state index contributed by atoms with van der Waals surface area (Å²) < 4.78 is 56.6. The Bertz CT molecular complexity index is 2050. The Morgan fingerprint density at radius 2 is 1.44 bits per heavy atom. The van der Waals surface area contributed by atoms with Gasteiger partial charge in [0, 0.05) is 17.7 Å². The fourth-order valence-electron chi connectivity index (χ4n) is 7.24. The summed E-state index contributed by atoms with van der Waals surface area (Å²) in [6.45, 7) is -2.15. The first-order valence-corrected chi connectivity index (χ1v) is 19.0. The van der Waals surface area contributed by atoms with Gasteiger partial charge in [-0.1, -0.05) is 0 Å². The summed E-state index contributed by atoms with van der Waals surface area (Å²) in [7, 11) is 1.32. The van der Waals surface area contributed by atoms with E-state index < -0.39 is 153 Å². The van der Waals surface area contributed by atoms with Gasteiger partial charge in [0.25, 0.3) is 0 Å². The van der Waals surface area contributed by atoms with Crippen LogP contribution in [0.4, 0.5) is 0 Å². The van der Waals surface area contributed by atoms with Gasteiger partial charge in [-0.3, -0.25) is 4.79 Å². The zero-order valence-electron chi connectivity index (χ0n) is 32.4. The van der Waals surface area contributed by atoms with E-state index in [2.05, 4.69) is 0 Å². The van der Waals surface area contributed by atoms with Crippen molar-refractivity contribution in [3.63, 3.8) is 0 Å². The molecule has 0 unspecified atom stereocenters. The van der Waals surface area contributed by atoms with Gasteiger partial charge in [-0.25, -0.2) is 0 Å². The van der Waals surface area contributed by atoms with Crippen LogP contribution in [0, 0.1) is 0 Å². The van der Waals surface area contributed by atoms with Crippen molar-refractivity contribution in [3.8, 4) is 34.3 Å². The molecule has 338 valence electrons. The van der Waals surface area contributed by atoms with Gasteiger partial charge < -0.3 is 108 Å². The minimum atomic E-state index is -2.29. The van der Waals surface area contributed by atoms with E-state index in [9.17, 15) is 66.1 Å². The first-order valence-electron chi connectivity index (χ1n) is 19.0. The highest BCUT2D eigenvalue weighted by Gasteiger charge is 2.56. The van der Waals surface area contributed by atoms with Crippen LogP contribution in [0.3, 0.4) is 0 Å². The molecule has 23 heteroatoms. The number of hydrogen-bond acceptors (Lipinski definition) is 23.